The van der Waals surface area contributed by atoms with Gasteiger partial charge in [0.1, 0.15) is 0 Å². The Hall–Kier alpha value is -0.910. The van der Waals surface area contributed by atoms with E-state index in [1.54, 1.807) is 0 Å². The van der Waals surface area contributed by atoms with Crippen LogP contribution in [0, 0.1) is 6.92 Å². The van der Waals surface area contributed by atoms with Gasteiger partial charge in [0, 0.05) is 0 Å². The molecule has 0 spiro atoms. The molecule has 0 unspecified atom stereocenters. The summed E-state index contributed by atoms with van der Waals surface area (Å²) in [5.41, 5.74) is 2.47. The second kappa shape index (κ2) is 2.58. The van der Waals surface area contributed by atoms with E-state index in [1.165, 1.54) is 5.56 Å². The van der Waals surface area contributed by atoms with Crippen LogP contribution in [0.5, 0.6) is 0 Å². The minimum atomic E-state index is 1.10. The van der Waals surface area contributed by atoms with E-state index in [9.17, 15) is 0 Å². The third kappa shape index (κ3) is 1.49. The van der Waals surface area contributed by atoms with E-state index < -0.39 is 0 Å². The van der Waals surface area contributed by atoms with Gasteiger partial charge in [-0.15, -0.1) is 11.6 Å². The van der Waals surface area contributed by atoms with Gasteiger partial charge in [0.15, 0.2) is 0 Å². The van der Waals surface area contributed by atoms with Crippen LogP contribution in [-0.2, 0) is 6.42 Å². The molecule has 0 saturated heterocycles. The third-order valence-corrected chi connectivity index (χ3v) is 1.40. The second-order valence-electron chi connectivity index (χ2n) is 2.17. The summed E-state index contributed by atoms with van der Waals surface area (Å²) in [6, 6.07) is 8.29. The number of benzene rings is 1. The zero-order valence-electron chi connectivity index (χ0n) is 5.72. The molecule has 1 aromatic carbocycles. The Balaban J connectivity index is 2.94. The maximum absolute atomic E-state index is 3.83. The molecule has 0 aromatic heterocycles. The van der Waals surface area contributed by atoms with Crippen LogP contribution in [-0.4, -0.2) is 0 Å². The summed E-state index contributed by atoms with van der Waals surface area (Å²) in [7, 11) is 0. The first-order valence-electron chi connectivity index (χ1n) is 3.24. The highest BCUT2D eigenvalue weighted by Crippen LogP contribution is 2.03. The van der Waals surface area contributed by atoms with E-state index in [1.807, 2.05) is 12.1 Å². The van der Waals surface area contributed by atoms with Gasteiger partial charge in [-0.05, 0) is 6.42 Å². The quantitative estimate of drug-likeness (QED) is 0.498. The Morgan fingerprint density at radius 1 is 1.44 bits per heavy atom. The zero-order valence-corrected chi connectivity index (χ0v) is 5.72. The molecule has 0 aliphatic carbocycles. The molecule has 0 atom stereocenters. The Bertz CT molecular complexity index is 189. The number of aryl methyl sites for hydroxylation is 1. The van der Waals surface area contributed by atoms with Crippen molar-refractivity contribution >= 4 is 0 Å². The maximum atomic E-state index is 3.83. The van der Waals surface area contributed by atoms with Crippen molar-refractivity contribution in [2.45, 2.75) is 13.3 Å². The smallest absolute Gasteiger partial charge is 0.0423 e. The van der Waals surface area contributed by atoms with Crippen LogP contribution in [0.2, 0.25) is 0 Å². The fraction of sp³-hybridized carbons (Fsp3) is 0.222. The molecule has 1 aromatic rings. The summed E-state index contributed by atoms with van der Waals surface area (Å²) in [5.74, 6) is 0. The molecule has 0 heteroatoms. The molecule has 0 aliphatic heterocycles. The molecule has 1 rings (SSSR count). The lowest BCUT2D eigenvalue weighted by Crippen LogP contribution is -1.78. The van der Waals surface area contributed by atoms with Gasteiger partial charge >= 0.3 is 0 Å². The summed E-state index contributed by atoms with van der Waals surface area (Å²) in [6.07, 6.45) is 1.10. The van der Waals surface area contributed by atoms with E-state index in [4.69, 9.17) is 0 Å². The highest BCUT2D eigenvalue weighted by Gasteiger charge is 1.78. The summed E-state index contributed by atoms with van der Waals surface area (Å²) >= 11 is 0. The normalized spacial score (nSPS) is 9.44. The van der Waals surface area contributed by atoms with Gasteiger partial charge in [-0.2, -0.15) is 24.6 Å². The number of rotatable bonds is 1. The molecule has 0 aliphatic rings. The van der Waals surface area contributed by atoms with Crippen LogP contribution in [0.15, 0.2) is 24.3 Å². The zero-order chi connectivity index (χ0) is 6.69. The van der Waals surface area contributed by atoms with Crippen molar-refractivity contribution in [2.24, 2.45) is 0 Å². The summed E-state index contributed by atoms with van der Waals surface area (Å²) < 4.78 is 0. The molecule has 0 radical (unpaired) electrons. The lowest BCUT2D eigenvalue weighted by atomic mass is 10.1. The topological polar surface area (TPSA) is 0 Å². The van der Waals surface area contributed by atoms with E-state index in [0.29, 0.717) is 0 Å². The van der Waals surface area contributed by atoms with Gasteiger partial charge in [0.2, 0.25) is 0 Å². The molecule has 0 fully saturated rings. The molecule has 0 nitrogen and oxygen atoms in total. The Kier molecular flexibility index (Phi) is 1.78. The van der Waals surface area contributed by atoms with Crippen LogP contribution in [0.1, 0.15) is 18.1 Å². The maximum Gasteiger partial charge on any atom is -0.0423 e. The van der Waals surface area contributed by atoms with Crippen molar-refractivity contribution in [3.8, 4) is 0 Å². The van der Waals surface area contributed by atoms with Crippen LogP contribution in [0.4, 0.5) is 0 Å². The minimum absolute atomic E-state index is 1.10. The van der Waals surface area contributed by atoms with Gasteiger partial charge in [-0.1, -0.05) is 13.0 Å². The summed E-state index contributed by atoms with van der Waals surface area (Å²) in [6.45, 7) is 5.98. The molecule has 0 amide bonds. The highest BCUT2D eigenvalue weighted by molar-refractivity contribution is 5.24. The van der Waals surface area contributed by atoms with Crippen LogP contribution >= 0.6 is 0 Å². The Morgan fingerprint density at radius 3 is 2.67 bits per heavy atom. The molecule has 0 N–H and O–H groups in total. The molecule has 0 saturated carbocycles. The van der Waals surface area contributed by atoms with Gasteiger partial charge in [0.05, 0.1) is 0 Å². The van der Waals surface area contributed by atoms with Crippen LogP contribution in [0.25, 0.3) is 0 Å². The molecule has 48 valence electrons. The monoisotopic (exact) mass is 119 g/mol. The van der Waals surface area contributed by atoms with E-state index in [-0.39, 0.29) is 0 Å². The Morgan fingerprint density at radius 2 is 2.22 bits per heavy atom. The van der Waals surface area contributed by atoms with Crippen LogP contribution < -0.4 is 0 Å². The number of hydrogen-bond acceptors (Lipinski definition) is 0. The largest absolute Gasteiger partial charge is 0.199 e. The first-order chi connectivity index (χ1) is 4.33. The van der Waals surface area contributed by atoms with Crippen molar-refractivity contribution in [1.29, 1.82) is 0 Å². The minimum Gasteiger partial charge on any atom is -0.199 e. The van der Waals surface area contributed by atoms with Gasteiger partial charge in [0.25, 0.3) is 0 Å². The van der Waals surface area contributed by atoms with E-state index in [0.717, 1.165) is 12.0 Å². The molecule has 0 heterocycles. The predicted octanol–water partition coefficient (Wildman–Crippen LogP) is 2.43. The van der Waals surface area contributed by atoms with Crippen molar-refractivity contribution in [3.05, 3.63) is 42.3 Å². The fourth-order valence-corrected chi connectivity index (χ4v) is 0.850. The van der Waals surface area contributed by atoms with E-state index in [2.05, 4.69) is 26.0 Å². The van der Waals surface area contributed by atoms with E-state index >= 15 is 0 Å². The van der Waals surface area contributed by atoms with Gasteiger partial charge < -0.3 is 0 Å². The van der Waals surface area contributed by atoms with Gasteiger partial charge in [-0.25, -0.2) is 0 Å². The summed E-state index contributed by atoms with van der Waals surface area (Å²) in [5, 5.41) is 0. The molecular formula is C9H11-. The van der Waals surface area contributed by atoms with Crippen molar-refractivity contribution in [1.82, 2.24) is 0 Å². The van der Waals surface area contributed by atoms with Gasteiger partial charge in [-0.3, -0.25) is 0 Å². The molecular weight excluding hydrogens is 108 g/mol. The molecule has 0 bridgehead atoms. The molecule has 9 heavy (non-hydrogen) atoms. The first kappa shape index (κ1) is 6.21. The fourth-order valence-electron chi connectivity index (χ4n) is 0.850. The van der Waals surface area contributed by atoms with Crippen molar-refractivity contribution in [3.63, 3.8) is 0 Å². The van der Waals surface area contributed by atoms with Crippen molar-refractivity contribution in [2.75, 3.05) is 0 Å². The SMILES string of the molecule is [CH2-]c1cccc(CC)c1. The van der Waals surface area contributed by atoms with Crippen LogP contribution in [0.3, 0.4) is 0 Å². The predicted molar refractivity (Wildman–Crippen MR) is 40.3 cm³/mol. The highest BCUT2D eigenvalue weighted by atomic mass is 13.9. The lowest BCUT2D eigenvalue weighted by molar-refractivity contribution is 1.14. The average Bonchev–Trinajstić information content (AvgIpc) is 1.88. The summed E-state index contributed by atoms with van der Waals surface area (Å²) in [4.78, 5) is 0. The average molecular weight is 119 g/mol. The lowest BCUT2D eigenvalue weighted by Gasteiger charge is -2.03. The first-order valence-corrected chi connectivity index (χ1v) is 3.24. The number of hydrogen-bond donors (Lipinski definition) is 0. The van der Waals surface area contributed by atoms with Crippen molar-refractivity contribution < 1.29 is 0 Å². The standard InChI is InChI=1S/C9H11/c1-3-9-6-4-5-8(2)7-9/h4-7H,2-3H2,1H3/q-1. The third-order valence-electron chi connectivity index (χ3n) is 1.40. The Labute approximate surface area is 56.5 Å². The second-order valence-corrected chi connectivity index (χ2v) is 2.17.